The summed E-state index contributed by atoms with van der Waals surface area (Å²) < 4.78 is 5.13. The van der Waals surface area contributed by atoms with E-state index >= 15 is 0 Å². The molecular weight excluding hydrogens is 126 g/mol. The summed E-state index contributed by atoms with van der Waals surface area (Å²) in [4.78, 5) is 0. The first-order valence-electron chi connectivity index (χ1n) is 4.13. The first kappa shape index (κ1) is 6.62. The van der Waals surface area contributed by atoms with Crippen molar-refractivity contribution in [1.82, 2.24) is 5.32 Å². The van der Waals surface area contributed by atoms with Crippen LogP contribution in [0.15, 0.2) is 0 Å². The van der Waals surface area contributed by atoms with Crippen LogP contribution in [0.5, 0.6) is 0 Å². The van der Waals surface area contributed by atoms with E-state index in [1.807, 2.05) is 0 Å². The van der Waals surface area contributed by atoms with Gasteiger partial charge in [0, 0.05) is 13.7 Å². The minimum Gasteiger partial charge on any atom is -0.384 e. The summed E-state index contributed by atoms with van der Waals surface area (Å²) in [6.07, 6.45) is 1.37. The van der Waals surface area contributed by atoms with Gasteiger partial charge >= 0.3 is 0 Å². The third-order valence-corrected chi connectivity index (χ3v) is 2.90. The van der Waals surface area contributed by atoms with E-state index in [2.05, 4.69) is 5.32 Å². The Labute approximate surface area is 61.9 Å². The molecule has 0 aromatic rings. The maximum Gasteiger partial charge on any atom is 0.0496 e. The fraction of sp³-hybridized carbons (Fsp3) is 1.00. The fourth-order valence-electron chi connectivity index (χ4n) is 2.23. The summed E-state index contributed by atoms with van der Waals surface area (Å²) >= 11 is 0. The van der Waals surface area contributed by atoms with E-state index in [1.165, 1.54) is 19.5 Å². The Kier molecular flexibility index (Phi) is 1.66. The summed E-state index contributed by atoms with van der Waals surface area (Å²) in [6.45, 7) is 3.44. The Hall–Kier alpha value is -0.0800. The highest BCUT2D eigenvalue weighted by Gasteiger charge is 2.50. The second-order valence-corrected chi connectivity index (χ2v) is 3.44. The Bertz CT molecular complexity index is 114. The summed E-state index contributed by atoms with van der Waals surface area (Å²) in [5, 5.41) is 3.41. The molecule has 1 N–H and O–H groups in total. The third-order valence-electron chi connectivity index (χ3n) is 2.90. The van der Waals surface area contributed by atoms with Crippen molar-refractivity contribution < 1.29 is 4.74 Å². The number of ether oxygens (including phenoxy) is 1. The van der Waals surface area contributed by atoms with Gasteiger partial charge in [0.15, 0.2) is 0 Å². The lowest BCUT2D eigenvalue weighted by Gasteiger charge is -2.07. The van der Waals surface area contributed by atoms with Crippen LogP contribution < -0.4 is 5.32 Å². The second kappa shape index (κ2) is 2.51. The van der Waals surface area contributed by atoms with Crippen molar-refractivity contribution >= 4 is 0 Å². The van der Waals surface area contributed by atoms with E-state index < -0.39 is 0 Å². The molecule has 0 aromatic heterocycles. The fourth-order valence-corrected chi connectivity index (χ4v) is 2.23. The van der Waals surface area contributed by atoms with Crippen LogP contribution in [0.3, 0.4) is 0 Å². The lowest BCUT2D eigenvalue weighted by molar-refractivity contribution is 0.178. The molecular formula is C8H15NO. The molecule has 1 heterocycles. The van der Waals surface area contributed by atoms with Gasteiger partial charge in [-0.15, -0.1) is 0 Å². The number of hydrogen-bond donors (Lipinski definition) is 1. The number of nitrogens with one attached hydrogen (secondary N) is 1. The van der Waals surface area contributed by atoms with Gasteiger partial charge in [-0.2, -0.15) is 0 Å². The van der Waals surface area contributed by atoms with Gasteiger partial charge in [-0.25, -0.2) is 0 Å². The van der Waals surface area contributed by atoms with Crippen LogP contribution in [0.25, 0.3) is 0 Å². The molecule has 2 fully saturated rings. The molecule has 2 nitrogen and oxygen atoms in total. The van der Waals surface area contributed by atoms with Gasteiger partial charge in [0.2, 0.25) is 0 Å². The molecule has 1 aliphatic heterocycles. The quantitative estimate of drug-likeness (QED) is 0.604. The van der Waals surface area contributed by atoms with Crippen molar-refractivity contribution in [2.45, 2.75) is 6.42 Å². The van der Waals surface area contributed by atoms with Crippen molar-refractivity contribution in [2.24, 2.45) is 17.8 Å². The Balaban J connectivity index is 1.82. The molecule has 0 spiro atoms. The zero-order chi connectivity index (χ0) is 6.97. The maximum absolute atomic E-state index is 5.13. The van der Waals surface area contributed by atoms with E-state index in [4.69, 9.17) is 4.74 Å². The molecule has 3 unspecified atom stereocenters. The summed E-state index contributed by atoms with van der Waals surface area (Å²) in [5.74, 6) is 2.84. The van der Waals surface area contributed by atoms with Crippen molar-refractivity contribution in [3.63, 3.8) is 0 Å². The number of fused-ring (bicyclic) bond motifs is 1. The zero-order valence-electron chi connectivity index (χ0n) is 6.47. The molecule has 2 aliphatic rings. The molecule has 0 aromatic carbocycles. The number of methoxy groups -OCH3 is 1. The van der Waals surface area contributed by atoms with Crippen molar-refractivity contribution in [1.29, 1.82) is 0 Å². The van der Waals surface area contributed by atoms with Crippen LogP contribution in [-0.4, -0.2) is 26.8 Å². The molecule has 2 rings (SSSR count). The average Bonchev–Trinajstić information content (AvgIpc) is 2.66. The summed E-state index contributed by atoms with van der Waals surface area (Å²) in [5.41, 5.74) is 0. The van der Waals surface area contributed by atoms with Crippen molar-refractivity contribution in [2.75, 3.05) is 26.8 Å². The largest absolute Gasteiger partial charge is 0.384 e. The minimum absolute atomic E-state index is 0.889. The normalized spacial score (nSPS) is 44.7. The minimum atomic E-state index is 0.889. The highest BCUT2D eigenvalue weighted by molar-refractivity contribution is 5.00. The van der Waals surface area contributed by atoms with E-state index in [1.54, 1.807) is 7.11 Å². The first-order chi connectivity index (χ1) is 4.93. The maximum atomic E-state index is 5.13. The van der Waals surface area contributed by atoms with Gasteiger partial charge in [-0.3, -0.25) is 0 Å². The number of rotatable bonds is 2. The predicted molar refractivity (Wildman–Crippen MR) is 39.8 cm³/mol. The Morgan fingerprint density at radius 3 is 3.00 bits per heavy atom. The molecule has 0 amide bonds. The predicted octanol–water partition coefficient (Wildman–Crippen LogP) is 0.488. The van der Waals surface area contributed by atoms with Gasteiger partial charge in [-0.05, 0) is 37.3 Å². The van der Waals surface area contributed by atoms with E-state index in [0.29, 0.717) is 0 Å². The van der Waals surface area contributed by atoms with E-state index in [0.717, 1.165) is 24.4 Å². The average molecular weight is 141 g/mol. The van der Waals surface area contributed by atoms with Crippen molar-refractivity contribution in [3.05, 3.63) is 0 Å². The van der Waals surface area contributed by atoms with Crippen LogP contribution in [0.4, 0.5) is 0 Å². The molecule has 1 saturated carbocycles. The van der Waals surface area contributed by atoms with Gasteiger partial charge in [0.1, 0.15) is 0 Å². The topological polar surface area (TPSA) is 21.3 Å². The monoisotopic (exact) mass is 141 g/mol. The zero-order valence-corrected chi connectivity index (χ0v) is 6.47. The molecule has 1 saturated heterocycles. The Morgan fingerprint density at radius 1 is 1.50 bits per heavy atom. The van der Waals surface area contributed by atoms with Gasteiger partial charge in [0.05, 0.1) is 0 Å². The summed E-state index contributed by atoms with van der Waals surface area (Å²) in [7, 11) is 1.80. The number of hydrogen-bond acceptors (Lipinski definition) is 2. The van der Waals surface area contributed by atoms with Crippen LogP contribution in [0.1, 0.15) is 6.42 Å². The first-order valence-corrected chi connectivity index (χ1v) is 4.13. The van der Waals surface area contributed by atoms with Gasteiger partial charge < -0.3 is 10.1 Å². The molecule has 2 heteroatoms. The lowest BCUT2D eigenvalue weighted by Crippen LogP contribution is -2.23. The molecule has 10 heavy (non-hydrogen) atoms. The highest BCUT2D eigenvalue weighted by Crippen LogP contribution is 2.49. The van der Waals surface area contributed by atoms with Crippen molar-refractivity contribution in [3.8, 4) is 0 Å². The molecule has 1 aliphatic carbocycles. The van der Waals surface area contributed by atoms with Gasteiger partial charge in [0.25, 0.3) is 0 Å². The van der Waals surface area contributed by atoms with E-state index in [9.17, 15) is 0 Å². The van der Waals surface area contributed by atoms with E-state index in [-0.39, 0.29) is 0 Å². The molecule has 58 valence electrons. The van der Waals surface area contributed by atoms with Crippen LogP contribution in [0.2, 0.25) is 0 Å². The molecule has 0 bridgehead atoms. The SMILES string of the molecule is COCC1C2CCNCC21. The van der Waals surface area contributed by atoms with Crippen LogP contribution in [0, 0.1) is 17.8 Å². The van der Waals surface area contributed by atoms with Crippen LogP contribution in [-0.2, 0) is 4.74 Å². The molecule has 0 radical (unpaired) electrons. The lowest BCUT2D eigenvalue weighted by atomic mass is 10.2. The standard InChI is InChI=1S/C8H15NO/c1-10-5-8-6-2-3-9-4-7(6)8/h6-9H,2-5H2,1H3. The smallest absolute Gasteiger partial charge is 0.0496 e. The molecule has 3 atom stereocenters. The number of piperidine rings is 1. The Morgan fingerprint density at radius 2 is 2.40 bits per heavy atom. The van der Waals surface area contributed by atoms with Gasteiger partial charge in [-0.1, -0.05) is 0 Å². The summed E-state index contributed by atoms with van der Waals surface area (Å²) in [6, 6.07) is 0. The third kappa shape index (κ3) is 0.956. The second-order valence-electron chi connectivity index (χ2n) is 3.44. The highest BCUT2D eigenvalue weighted by atomic mass is 16.5. The van der Waals surface area contributed by atoms with Crippen LogP contribution >= 0.6 is 0 Å².